The van der Waals surface area contributed by atoms with Crippen LogP contribution in [0, 0.1) is 5.92 Å². The van der Waals surface area contributed by atoms with Gasteiger partial charge in [0.05, 0.1) is 0 Å². The predicted molar refractivity (Wildman–Crippen MR) is 79.3 cm³/mol. The van der Waals surface area contributed by atoms with Crippen LogP contribution in [-0.4, -0.2) is 24.1 Å². The molecule has 2 heterocycles. The molecule has 0 radical (unpaired) electrons. The second-order valence-corrected chi connectivity index (χ2v) is 6.56. The van der Waals surface area contributed by atoms with Crippen molar-refractivity contribution in [3.8, 4) is 0 Å². The molecule has 3 nitrogen and oxygen atoms in total. The maximum atomic E-state index is 4.57. The van der Waals surface area contributed by atoms with Gasteiger partial charge in [-0.05, 0) is 32.1 Å². The van der Waals surface area contributed by atoms with Gasteiger partial charge >= 0.3 is 0 Å². The lowest BCUT2D eigenvalue weighted by Crippen LogP contribution is -2.32. The SMILES string of the molecule is CCC(C)NCc1cnc(N2CCC(C)CC2)s1. The number of anilines is 1. The number of piperidine rings is 1. The molecule has 1 atom stereocenters. The first-order chi connectivity index (χ1) is 8.69. The zero-order valence-electron chi connectivity index (χ0n) is 11.8. The van der Waals surface area contributed by atoms with E-state index in [1.165, 1.54) is 42.4 Å². The normalized spacial score (nSPS) is 19.2. The van der Waals surface area contributed by atoms with Gasteiger partial charge in [0, 0.05) is 36.8 Å². The minimum atomic E-state index is 0.589. The Morgan fingerprint density at radius 2 is 2.22 bits per heavy atom. The molecule has 4 heteroatoms. The molecular weight excluding hydrogens is 242 g/mol. The van der Waals surface area contributed by atoms with E-state index in [0.717, 1.165) is 12.5 Å². The maximum absolute atomic E-state index is 4.57. The van der Waals surface area contributed by atoms with Crippen LogP contribution in [0.2, 0.25) is 0 Å². The average molecular weight is 267 g/mol. The van der Waals surface area contributed by atoms with Crippen LogP contribution in [0.15, 0.2) is 6.20 Å². The molecule has 0 spiro atoms. The van der Waals surface area contributed by atoms with Crippen molar-refractivity contribution < 1.29 is 0 Å². The van der Waals surface area contributed by atoms with Crippen molar-refractivity contribution in [3.05, 3.63) is 11.1 Å². The smallest absolute Gasteiger partial charge is 0.185 e. The maximum Gasteiger partial charge on any atom is 0.185 e. The molecule has 1 fully saturated rings. The first kappa shape index (κ1) is 13.8. The second-order valence-electron chi connectivity index (χ2n) is 5.47. The molecule has 2 rings (SSSR count). The number of thiazole rings is 1. The van der Waals surface area contributed by atoms with Crippen LogP contribution in [0.1, 0.15) is 44.9 Å². The van der Waals surface area contributed by atoms with Gasteiger partial charge in [-0.25, -0.2) is 4.98 Å². The fraction of sp³-hybridized carbons (Fsp3) is 0.786. The summed E-state index contributed by atoms with van der Waals surface area (Å²) < 4.78 is 0. The van der Waals surface area contributed by atoms with E-state index in [1.807, 2.05) is 17.5 Å². The van der Waals surface area contributed by atoms with Crippen molar-refractivity contribution in [3.63, 3.8) is 0 Å². The summed E-state index contributed by atoms with van der Waals surface area (Å²) in [4.78, 5) is 8.37. The number of hydrogen-bond acceptors (Lipinski definition) is 4. The molecule has 0 aliphatic carbocycles. The first-order valence-corrected chi connectivity index (χ1v) is 7.93. The lowest BCUT2D eigenvalue weighted by Gasteiger charge is -2.29. The summed E-state index contributed by atoms with van der Waals surface area (Å²) in [6.07, 6.45) is 5.82. The lowest BCUT2D eigenvalue weighted by atomic mass is 10.00. The van der Waals surface area contributed by atoms with Crippen LogP contribution in [-0.2, 0) is 6.54 Å². The van der Waals surface area contributed by atoms with E-state index < -0.39 is 0 Å². The minimum Gasteiger partial charge on any atom is -0.348 e. The van der Waals surface area contributed by atoms with Gasteiger partial charge in [-0.1, -0.05) is 13.8 Å². The van der Waals surface area contributed by atoms with Gasteiger partial charge in [0.25, 0.3) is 0 Å². The highest BCUT2D eigenvalue weighted by Crippen LogP contribution is 2.27. The van der Waals surface area contributed by atoms with Gasteiger partial charge in [0.15, 0.2) is 5.13 Å². The van der Waals surface area contributed by atoms with E-state index in [1.54, 1.807) is 0 Å². The van der Waals surface area contributed by atoms with E-state index in [9.17, 15) is 0 Å². The Hall–Kier alpha value is -0.610. The fourth-order valence-corrected chi connectivity index (χ4v) is 3.06. The summed E-state index contributed by atoms with van der Waals surface area (Å²) in [5.41, 5.74) is 0. The molecule has 1 unspecified atom stereocenters. The van der Waals surface area contributed by atoms with Crippen molar-refractivity contribution in [2.45, 2.75) is 52.6 Å². The zero-order valence-corrected chi connectivity index (χ0v) is 12.6. The molecule has 1 saturated heterocycles. The molecule has 0 saturated carbocycles. The molecule has 1 aromatic heterocycles. The van der Waals surface area contributed by atoms with Gasteiger partial charge in [0.2, 0.25) is 0 Å². The van der Waals surface area contributed by atoms with E-state index >= 15 is 0 Å². The molecule has 0 amide bonds. The lowest BCUT2D eigenvalue weighted by molar-refractivity contribution is 0.438. The molecule has 1 aliphatic rings. The quantitative estimate of drug-likeness (QED) is 0.887. The van der Waals surface area contributed by atoms with E-state index in [0.29, 0.717) is 6.04 Å². The Kier molecular flexibility index (Phi) is 5.01. The summed E-state index contributed by atoms with van der Waals surface area (Å²) in [5.74, 6) is 0.882. The standard InChI is InChI=1S/C14H25N3S/c1-4-12(3)15-9-13-10-16-14(18-13)17-7-5-11(2)6-8-17/h10-12,15H,4-9H2,1-3H3. The second kappa shape index (κ2) is 6.53. The Bertz CT molecular complexity index is 356. The molecule has 0 bridgehead atoms. The Morgan fingerprint density at radius 1 is 1.50 bits per heavy atom. The Morgan fingerprint density at radius 3 is 2.89 bits per heavy atom. The van der Waals surface area contributed by atoms with Crippen molar-refractivity contribution >= 4 is 16.5 Å². The number of nitrogens with one attached hydrogen (secondary N) is 1. The highest BCUT2D eigenvalue weighted by atomic mass is 32.1. The molecule has 1 aromatic rings. The monoisotopic (exact) mass is 267 g/mol. The molecule has 18 heavy (non-hydrogen) atoms. The van der Waals surface area contributed by atoms with Crippen LogP contribution in [0.3, 0.4) is 0 Å². The van der Waals surface area contributed by atoms with Crippen LogP contribution >= 0.6 is 11.3 Å². The van der Waals surface area contributed by atoms with Gasteiger partial charge in [0.1, 0.15) is 0 Å². The Balaban J connectivity index is 1.86. The van der Waals surface area contributed by atoms with E-state index in [-0.39, 0.29) is 0 Å². The molecular formula is C14H25N3S. The fourth-order valence-electron chi connectivity index (χ4n) is 2.14. The van der Waals surface area contributed by atoms with E-state index in [2.05, 4.69) is 36.0 Å². The third-order valence-corrected chi connectivity index (χ3v) is 4.89. The summed E-state index contributed by atoms with van der Waals surface area (Å²) in [7, 11) is 0. The minimum absolute atomic E-state index is 0.589. The number of hydrogen-bond donors (Lipinski definition) is 1. The third-order valence-electron chi connectivity index (χ3n) is 3.83. The van der Waals surface area contributed by atoms with E-state index in [4.69, 9.17) is 0 Å². The molecule has 0 aromatic carbocycles. The first-order valence-electron chi connectivity index (χ1n) is 7.12. The molecule has 102 valence electrons. The van der Waals surface area contributed by atoms with Crippen molar-refractivity contribution in [1.29, 1.82) is 0 Å². The number of aromatic nitrogens is 1. The van der Waals surface area contributed by atoms with Crippen molar-refractivity contribution in [2.24, 2.45) is 5.92 Å². The number of rotatable bonds is 5. The van der Waals surface area contributed by atoms with Crippen LogP contribution in [0.5, 0.6) is 0 Å². The number of nitrogens with zero attached hydrogens (tertiary/aromatic N) is 2. The van der Waals surface area contributed by atoms with Crippen LogP contribution in [0.4, 0.5) is 5.13 Å². The topological polar surface area (TPSA) is 28.2 Å². The molecule has 1 aliphatic heterocycles. The van der Waals surface area contributed by atoms with Gasteiger partial charge < -0.3 is 10.2 Å². The van der Waals surface area contributed by atoms with Gasteiger partial charge in [-0.2, -0.15) is 0 Å². The highest BCUT2D eigenvalue weighted by molar-refractivity contribution is 7.15. The average Bonchev–Trinajstić information content (AvgIpc) is 2.85. The zero-order chi connectivity index (χ0) is 13.0. The molecule has 1 N–H and O–H groups in total. The van der Waals surface area contributed by atoms with Crippen molar-refractivity contribution in [1.82, 2.24) is 10.3 Å². The summed E-state index contributed by atoms with van der Waals surface area (Å²) in [6.45, 7) is 10.1. The van der Waals surface area contributed by atoms with Crippen molar-refractivity contribution in [2.75, 3.05) is 18.0 Å². The summed E-state index contributed by atoms with van der Waals surface area (Å²) in [6, 6.07) is 0.589. The summed E-state index contributed by atoms with van der Waals surface area (Å²) in [5, 5.41) is 4.73. The predicted octanol–water partition coefficient (Wildman–Crippen LogP) is 3.27. The highest BCUT2D eigenvalue weighted by Gasteiger charge is 2.18. The summed E-state index contributed by atoms with van der Waals surface area (Å²) >= 11 is 1.85. The Labute approximate surface area is 115 Å². The van der Waals surface area contributed by atoms with Crippen LogP contribution in [0.25, 0.3) is 0 Å². The van der Waals surface area contributed by atoms with Crippen LogP contribution < -0.4 is 10.2 Å². The van der Waals surface area contributed by atoms with Gasteiger partial charge in [-0.15, -0.1) is 11.3 Å². The third kappa shape index (κ3) is 3.69. The largest absolute Gasteiger partial charge is 0.348 e. The van der Waals surface area contributed by atoms with Gasteiger partial charge in [-0.3, -0.25) is 0 Å².